The lowest BCUT2D eigenvalue weighted by molar-refractivity contribution is 0.0678. The molecule has 1 fully saturated rings. The van der Waals surface area contributed by atoms with Gasteiger partial charge in [0, 0.05) is 5.54 Å². The number of aromatic amines is 1. The van der Waals surface area contributed by atoms with Crippen LogP contribution in [0, 0.1) is 0 Å². The quantitative estimate of drug-likeness (QED) is 0.732. The molecule has 0 unspecified atom stereocenters. The number of nitrogens with zero attached hydrogens (tertiary/aromatic N) is 1. The first kappa shape index (κ1) is 11.6. The summed E-state index contributed by atoms with van der Waals surface area (Å²) in [6, 6.07) is 0. The molecule has 1 saturated carbocycles. The first-order valence-electron chi connectivity index (χ1n) is 5.67. The van der Waals surface area contributed by atoms with Gasteiger partial charge in [0.25, 0.3) is 5.91 Å². The molecular weight excluding hydrogens is 222 g/mol. The van der Waals surface area contributed by atoms with Gasteiger partial charge in [0.05, 0.1) is 6.33 Å². The van der Waals surface area contributed by atoms with Gasteiger partial charge in [-0.3, -0.25) is 4.79 Å². The summed E-state index contributed by atoms with van der Waals surface area (Å²) in [5, 5.41) is 11.8. The van der Waals surface area contributed by atoms with Gasteiger partial charge in [-0.15, -0.1) is 0 Å². The zero-order valence-electron chi connectivity index (χ0n) is 9.62. The highest BCUT2D eigenvalue weighted by Gasteiger charge is 2.37. The van der Waals surface area contributed by atoms with Gasteiger partial charge in [-0.1, -0.05) is 6.92 Å². The molecule has 6 heteroatoms. The number of H-pyrrole nitrogens is 1. The maximum atomic E-state index is 11.9. The summed E-state index contributed by atoms with van der Waals surface area (Å²) in [7, 11) is 0. The number of carboxylic acid groups (broad SMARTS) is 1. The number of imidazole rings is 1. The third kappa shape index (κ3) is 2.02. The number of carbonyl (C=O) groups is 2. The molecule has 2 rings (SSSR count). The van der Waals surface area contributed by atoms with E-state index < -0.39 is 11.9 Å². The summed E-state index contributed by atoms with van der Waals surface area (Å²) < 4.78 is 0. The lowest BCUT2D eigenvalue weighted by Crippen LogP contribution is -2.53. The van der Waals surface area contributed by atoms with Crippen molar-refractivity contribution < 1.29 is 14.7 Å². The number of carboxylic acids is 1. The molecule has 3 N–H and O–H groups in total. The largest absolute Gasteiger partial charge is 0.477 e. The van der Waals surface area contributed by atoms with Gasteiger partial charge in [-0.05, 0) is 25.7 Å². The molecule has 0 radical (unpaired) electrons. The van der Waals surface area contributed by atoms with Crippen LogP contribution in [0.3, 0.4) is 0 Å². The third-order valence-electron chi connectivity index (χ3n) is 3.43. The van der Waals surface area contributed by atoms with E-state index in [1.807, 2.05) is 6.92 Å². The van der Waals surface area contributed by atoms with Crippen molar-refractivity contribution in [2.45, 2.75) is 38.1 Å². The number of nitrogens with one attached hydrogen (secondary N) is 2. The SMILES string of the molecule is CCC1(NC(=O)c2nc[nH]c2C(=O)O)CCC1. The Morgan fingerprint density at radius 1 is 1.59 bits per heavy atom. The molecule has 1 aromatic rings. The Kier molecular flexibility index (Phi) is 2.87. The van der Waals surface area contributed by atoms with E-state index in [0.29, 0.717) is 0 Å². The second kappa shape index (κ2) is 4.20. The van der Waals surface area contributed by atoms with Crippen molar-refractivity contribution in [3.8, 4) is 0 Å². The van der Waals surface area contributed by atoms with Crippen molar-refractivity contribution in [2.75, 3.05) is 0 Å². The molecule has 0 aromatic carbocycles. The fraction of sp³-hybridized carbons (Fsp3) is 0.545. The van der Waals surface area contributed by atoms with Gasteiger partial charge < -0.3 is 15.4 Å². The van der Waals surface area contributed by atoms with Crippen LogP contribution >= 0.6 is 0 Å². The zero-order valence-corrected chi connectivity index (χ0v) is 9.62. The number of carbonyl (C=O) groups excluding carboxylic acids is 1. The first-order chi connectivity index (χ1) is 8.08. The summed E-state index contributed by atoms with van der Waals surface area (Å²) in [4.78, 5) is 29.0. The minimum Gasteiger partial charge on any atom is -0.477 e. The van der Waals surface area contributed by atoms with Crippen molar-refractivity contribution in [1.82, 2.24) is 15.3 Å². The van der Waals surface area contributed by atoms with Crippen LogP contribution in [0.4, 0.5) is 0 Å². The number of aromatic nitrogens is 2. The molecule has 0 atom stereocenters. The van der Waals surface area contributed by atoms with Crippen molar-refractivity contribution in [2.24, 2.45) is 0 Å². The lowest BCUT2D eigenvalue weighted by Gasteiger charge is -2.41. The molecule has 1 heterocycles. The van der Waals surface area contributed by atoms with Crippen LogP contribution in [0.15, 0.2) is 6.33 Å². The summed E-state index contributed by atoms with van der Waals surface area (Å²) in [6.45, 7) is 2.02. The topological polar surface area (TPSA) is 95.1 Å². The molecule has 0 bridgehead atoms. The summed E-state index contributed by atoms with van der Waals surface area (Å²) in [5.74, 6) is -1.59. The molecule has 0 aliphatic heterocycles. The summed E-state index contributed by atoms with van der Waals surface area (Å²) in [6.07, 6.45) is 5.06. The van der Waals surface area contributed by atoms with Crippen molar-refractivity contribution in [3.05, 3.63) is 17.7 Å². The van der Waals surface area contributed by atoms with Crippen LogP contribution in [0.25, 0.3) is 0 Å². The smallest absolute Gasteiger partial charge is 0.354 e. The first-order valence-corrected chi connectivity index (χ1v) is 5.67. The Hall–Kier alpha value is -1.85. The second-order valence-corrected chi connectivity index (χ2v) is 4.37. The van der Waals surface area contributed by atoms with E-state index in [9.17, 15) is 9.59 Å². The third-order valence-corrected chi connectivity index (χ3v) is 3.43. The Morgan fingerprint density at radius 2 is 2.29 bits per heavy atom. The molecule has 1 amide bonds. The average Bonchev–Trinajstić information content (AvgIpc) is 2.72. The maximum Gasteiger partial charge on any atom is 0.354 e. The fourth-order valence-corrected chi connectivity index (χ4v) is 2.10. The molecule has 17 heavy (non-hydrogen) atoms. The summed E-state index contributed by atoms with van der Waals surface area (Å²) in [5.41, 5.74) is -0.364. The number of amides is 1. The Labute approximate surface area is 98.4 Å². The van der Waals surface area contributed by atoms with Gasteiger partial charge in [-0.25, -0.2) is 9.78 Å². The van der Waals surface area contributed by atoms with Crippen molar-refractivity contribution in [3.63, 3.8) is 0 Å². The Morgan fingerprint density at radius 3 is 2.76 bits per heavy atom. The van der Waals surface area contributed by atoms with E-state index in [0.717, 1.165) is 25.7 Å². The van der Waals surface area contributed by atoms with E-state index in [-0.39, 0.29) is 16.9 Å². The lowest BCUT2D eigenvalue weighted by atomic mass is 9.75. The van der Waals surface area contributed by atoms with Crippen molar-refractivity contribution >= 4 is 11.9 Å². The van der Waals surface area contributed by atoms with Crippen LogP contribution in [0.5, 0.6) is 0 Å². The Balaban J connectivity index is 2.14. The van der Waals surface area contributed by atoms with Crippen LogP contribution in [0.1, 0.15) is 53.6 Å². The number of rotatable bonds is 4. The number of aromatic carboxylic acids is 1. The van der Waals surface area contributed by atoms with Gasteiger partial charge >= 0.3 is 5.97 Å². The monoisotopic (exact) mass is 237 g/mol. The van der Waals surface area contributed by atoms with E-state index in [2.05, 4.69) is 15.3 Å². The van der Waals surface area contributed by atoms with Gasteiger partial charge in [0.15, 0.2) is 11.4 Å². The van der Waals surface area contributed by atoms with Crippen LogP contribution in [0.2, 0.25) is 0 Å². The molecule has 92 valence electrons. The van der Waals surface area contributed by atoms with Crippen LogP contribution in [-0.2, 0) is 0 Å². The highest BCUT2D eigenvalue weighted by Crippen LogP contribution is 2.34. The minimum atomic E-state index is -1.17. The van der Waals surface area contributed by atoms with E-state index in [1.54, 1.807) is 0 Å². The maximum absolute atomic E-state index is 11.9. The molecular formula is C11H15N3O3. The molecule has 0 spiro atoms. The zero-order chi connectivity index (χ0) is 12.5. The fourth-order valence-electron chi connectivity index (χ4n) is 2.10. The normalized spacial score (nSPS) is 17.2. The van der Waals surface area contributed by atoms with E-state index >= 15 is 0 Å². The highest BCUT2D eigenvalue weighted by molar-refractivity contribution is 6.02. The number of hydrogen-bond acceptors (Lipinski definition) is 3. The molecule has 6 nitrogen and oxygen atoms in total. The standard InChI is InChI=1S/C11H15N3O3/c1-2-11(4-3-5-11)14-9(15)7-8(10(16)17)13-6-12-7/h6H,2-5H2,1H3,(H,12,13)(H,14,15)(H,16,17). The average molecular weight is 237 g/mol. The predicted molar refractivity (Wildman–Crippen MR) is 59.9 cm³/mol. The number of hydrogen-bond donors (Lipinski definition) is 3. The van der Waals surface area contributed by atoms with Gasteiger partial charge in [0.2, 0.25) is 0 Å². The Bertz CT molecular complexity index is 443. The van der Waals surface area contributed by atoms with E-state index in [1.165, 1.54) is 6.33 Å². The highest BCUT2D eigenvalue weighted by atomic mass is 16.4. The second-order valence-electron chi connectivity index (χ2n) is 4.37. The van der Waals surface area contributed by atoms with Crippen LogP contribution in [-0.4, -0.2) is 32.5 Å². The molecule has 1 aliphatic carbocycles. The minimum absolute atomic E-state index is 0.0442. The van der Waals surface area contributed by atoms with E-state index in [4.69, 9.17) is 5.11 Å². The molecule has 1 aromatic heterocycles. The predicted octanol–water partition coefficient (Wildman–Crippen LogP) is 1.17. The van der Waals surface area contributed by atoms with Crippen LogP contribution < -0.4 is 5.32 Å². The van der Waals surface area contributed by atoms with Gasteiger partial charge in [0.1, 0.15) is 0 Å². The van der Waals surface area contributed by atoms with Gasteiger partial charge in [-0.2, -0.15) is 0 Å². The molecule has 0 saturated heterocycles. The molecule has 1 aliphatic rings. The summed E-state index contributed by atoms with van der Waals surface area (Å²) >= 11 is 0. The van der Waals surface area contributed by atoms with Crippen molar-refractivity contribution in [1.29, 1.82) is 0 Å².